The fourth-order valence-electron chi connectivity index (χ4n) is 4.02. The van der Waals surface area contributed by atoms with E-state index in [9.17, 15) is 4.79 Å². The minimum atomic E-state index is -0.0651. The number of nitrogens with one attached hydrogen (secondary N) is 1. The number of amides is 1. The standard InChI is InChI=1S/C25H28ClN3O2/c1-2-31-24-17-23(18-7-5-8-20(26)15-18)28-22-10-9-19(16-21(22)24)25(30)27-11-6-14-29-12-3-4-13-29/h5,7-10,15-17H,2-4,6,11-14H2,1H3,(H,27,30). The van der Waals surface area contributed by atoms with Crippen LogP contribution in [0.15, 0.2) is 48.5 Å². The molecule has 0 unspecified atom stereocenters. The lowest BCUT2D eigenvalue weighted by atomic mass is 10.1. The van der Waals surface area contributed by atoms with E-state index in [4.69, 9.17) is 21.3 Å². The maximum absolute atomic E-state index is 12.7. The topological polar surface area (TPSA) is 54.5 Å². The SMILES string of the molecule is CCOc1cc(-c2cccc(Cl)c2)nc2ccc(C(=O)NCCCN3CCCC3)cc12. The minimum Gasteiger partial charge on any atom is -0.493 e. The monoisotopic (exact) mass is 437 g/mol. The molecule has 1 N–H and O–H groups in total. The van der Waals surface area contributed by atoms with E-state index in [1.54, 1.807) is 0 Å². The average Bonchev–Trinajstić information content (AvgIpc) is 3.30. The van der Waals surface area contributed by atoms with Gasteiger partial charge in [0.15, 0.2) is 0 Å². The van der Waals surface area contributed by atoms with Crippen molar-refractivity contribution in [3.8, 4) is 17.0 Å². The second-order valence-corrected chi connectivity index (χ2v) is 8.28. The Hall–Kier alpha value is -2.63. The van der Waals surface area contributed by atoms with Crippen LogP contribution in [0.25, 0.3) is 22.2 Å². The van der Waals surface area contributed by atoms with Gasteiger partial charge in [0.05, 0.1) is 17.8 Å². The number of nitrogens with zero attached hydrogens (tertiary/aromatic N) is 2. The zero-order valence-corrected chi connectivity index (χ0v) is 18.6. The van der Waals surface area contributed by atoms with Crippen LogP contribution in [0.3, 0.4) is 0 Å². The van der Waals surface area contributed by atoms with Gasteiger partial charge in [-0.2, -0.15) is 0 Å². The number of carbonyl (C=O) groups excluding carboxylic acids is 1. The third-order valence-electron chi connectivity index (χ3n) is 5.59. The predicted octanol–water partition coefficient (Wildman–Crippen LogP) is 5.17. The van der Waals surface area contributed by atoms with Gasteiger partial charge >= 0.3 is 0 Å². The highest BCUT2D eigenvalue weighted by Crippen LogP contribution is 2.31. The molecule has 0 atom stereocenters. The van der Waals surface area contributed by atoms with Gasteiger partial charge in [-0.1, -0.05) is 23.7 Å². The number of likely N-dealkylation sites (tertiary alicyclic amines) is 1. The molecule has 0 spiro atoms. The maximum atomic E-state index is 12.7. The number of carbonyl (C=O) groups is 1. The average molecular weight is 438 g/mol. The number of fused-ring (bicyclic) bond motifs is 1. The van der Waals surface area contributed by atoms with E-state index in [1.165, 1.54) is 25.9 Å². The van der Waals surface area contributed by atoms with E-state index in [2.05, 4.69) is 10.2 Å². The number of benzene rings is 2. The summed E-state index contributed by atoms with van der Waals surface area (Å²) in [6, 6.07) is 15.1. The van der Waals surface area contributed by atoms with Crippen molar-refractivity contribution in [2.75, 3.05) is 32.8 Å². The molecule has 1 fully saturated rings. The molecule has 0 aliphatic carbocycles. The molecule has 162 valence electrons. The van der Waals surface area contributed by atoms with Gasteiger partial charge in [0.1, 0.15) is 5.75 Å². The largest absolute Gasteiger partial charge is 0.493 e. The van der Waals surface area contributed by atoms with E-state index in [1.807, 2.05) is 55.5 Å². The Morgan fingerprint density at radius 2 is 2.00 bits per heavy atom. The maximum Gasteiger partial charge on any atom is 0.251 e. The Morgan fingerprint density at radius 1 is 1.16 bits per heavy atom. The van der Waals surface area contributed by atoms with Crippen LogP contribution in [0.4, 0.5) is 0 Å². The third kappa shape index (κ3) is 5.35. The zero-order valence-electron chi connectivity index (χ0n) is 17.9. The molecule has 2 aromatic carbocycles. The van der Waals surface area contributed by atoms with Crippen molar-refractivity contribution in [1.82, 2.24) is 15.2 Å². The molecule has 1 aliphatic rings. The van der Waals surface area contributed by atoms with Crippen molar-refractivity contribution in [2.45, 2.75) is 26.2 Å². The summed E-state index contributed by atoms with van der Waals surface area (Å²) in [4.78, 5) is 19.9. The first-order valence-electron chi connectivity index (χ1n) is 11.0. The Morgan fingerprint density at radius 3 is 2.77 bits per heavy atom. The second-order valence-electron chi connectivity index (χ2n) is 7.84. The molecule has 6 heteroatoms. The molecular formula is C25H28ClN3O2. The van der Waals surface area contributed by atoms with Crippen molar-refractivity contribution < 1.29 is 9.53 Å². The van der Waals surface area contributed by atoms with Gasteiger partial charge in [0, 0.05) is 34.1 Å². The van der Waals surface area contributed by atoms with Crippen molar-refractivity contribution in [1.29, 1.82) is 0 Å². The highest BCUT2D eigenvalue weighted by atomic mass is 35.5. The Labute approximate surface area is 188 Å². The summed E-state index contributed by atoms with van der Waals surface area (Å²) in [5.41, 5.74) is 3.12. The summed E-state index contributed by atoms with van der Waals surface area (Å²) in [6.45, 7) is 6.57. The summed E-state index contributed by atoms with van der Waals surface area (Å²) in [5, 5.41) is 4.53. The van der Waals surface area contributed by atoms with Crippen molar-refractivity contribution >= 4 is 28.4 Å². The number of halogens is 1. The first-order valence-corrected chi connectivity index (χ1v) is 11.4. The lowest BCUT2D eigenvalue weighted by Gasteiger charge is -2.14. The summed E-state index contributed by atoms with van der Waals surface area (Å²) in [5.74, 6) is 0.649. The van der Waals surface area contributed by atoms with Gasteiger partial charge in [0.2, 0.25) is 0 Å². The Bertz CT molecular complexity index is 1060. The van der Waals surface area contributed by atoms with Crippen molar-refractivity contribution in [3.05, 3.63) is 59.1 Å². The van der Waals surface area contributed by atoms with E-state index >= 15 is 0 Å². The summed E-state index contributed by atoms with van der Waals surface area (Å²) < 4.78 is 5.89. The highest BCUT2D eigenvalue weighted by molar-refractivity contribution is 6.30. The minimum absolute atomic E-state index is 0.0651. The van der Waals surface area contributed by atoms with Crippen LogP contribution in [0.2, 0.25) is 5.02 Å². The van der Waals surface area contributed by atoms with Crippen LogP contribution in [0, 0.1) is 0 Å². The lowest BCUT2D eigenvalue weighted by Crippen LogP contribution is -2.28. The molecular weight excluding hydrogens is 410 g/mol. The molecule has 3 aromatic rings. The van der Waals surface area contributed by atoms with E-state index in [-0.39, 0.29) is 5.91 Å². The third-order valence-corrected chi connectivity index (χ3v) is 5.82. The van der Waals surface area contributed by atoms with Gasteiger partial charge in [-0.25, -0.2) is 4.98 Å². The first kappa shape index (κ1) is 21.6. The molecule has 4 rings (SSSR count). The van der Waals surface area contributed by atoms with E-state index in [0.717, 1.165) is 35.1 Å². The number of ether oxygens (including phenoxy) is 1. The van der Waals surface area contributed by atoms with E-state index < -0.39 is 0 Å². The van der Waals surface area contributed by atoms with Crippen LogP contribution in [-0.2, 0) is 0 Å². The van der Waals surface area contributed by atoms with Gasteiger partial charge in [-0.15, -0.1) is 0 Å². The molecule has 2 heterocycles. The number of aromatic nitrogens is 1. The Balaban J connectivity index is 1.52. The molecule has 0 saturated carbocycles. The van der Waals surface area contributed by atoms with Gasteiger partial charge in [-0.05, 0) is 76.2 Å². The molecule has 1 saturated heterocycles. The zero-order chi connectivity index (χ0) is 21.6. The lowest BCUT2D eigenvalue weighted by molar-refractivity contribution is 0.0952. The van der Waals surface area contributed by atoms with Crippen LogP contribution < -0.4 is 10.1 Å². The highest BCUT2D eigenvalue weighted by Gasteiger charge is 2.14. The number of hydrogen-bond acceptors (Lipinski definition) is 4. The number of hydrogen-bond donors (Lipinski definition) is 1. The molecule has 31 heavy (non-hydrogen) atoms. The number of pyridine rings is 1. The smallest absolute Gasteiger partial charge is 0.251 e. The van der Waals surface area contributed by atoms with Gasteiger partial charge in [-0.3, -0.25) is 4.79 Å². The molecule has 1 amide bonds. The van der Waals surface area contributed by atoms with Crippen LogP contribution >= 0.6 is 11.6 Å². The second kappa shape index (κ2) is 10.1. The van der Waals surface area contributed by atoms with Gasteiger partial charge in [0.25, 0.3) is 5.91 Å². The molecule has 0 radical (unpaired) electrons. The molecule has 1 aromatic heterocycles. The fraction of sp³-hybridized carbons (Fsp3) is 0.360. The predicted molar refractivity (Wildman–Crippen MR) is 126 cm³/mol. The summed E-state index contributed by atoms with van der Waals surface area (Å²) >= 11 is 6.15. The van der Waals surface area contributed by atoms with Crippen LogP contribution in [-0.4, -0.2) is 48.6 Å². The van der Waals surface area contributed by atoms with Crippen molar-refractivity contribution in [3.63, 3.8) is 0 Å². The van der Waals surface area contributed by atoms with Crippen LogP contribution in [0.1, 0.15) is 36.5 Å². The van der Waals surface area contributed by atoms with E-state index in [0.29, 0.717) is 29.5 Å². The fourth-order valence-corrected chi connectivity index (χ4v) is 4.21. The normalized spacial score (nSPS) is 14.1. The first-order chi connectivity index (χ1) is 15.1. The number of rotatable bonds is 8. The Kier molecular flexibility index (Phi) is 7.05. The molecule has 5 nitrogen and oxygen atoms in total. The van der Waals surface area contributed by atoms with Crippen molar-refractivity contribution in [2.24, 2.45) is 0 Å². The van der Waals surface area contributed by atoms with Crippen LogP contribution in [0.5, 0.6) is 5.75 Å². The quantitative estimate of drug-likeness (QED) is 0.494. The molecule has 0 bridgehead atoms. The summed E-state index contributed by atoms with van der Waals surface area (Å²) in [7, 11) is 0. The van der Waals surface area contributed by atoms with Gasteiger partial charge < -0.3 is 15.0 Å². The molecule has 1 aliphatic heterocycles. The summed E-state index contributed by atoms with van der Waals surface area (Å²) in [6.07, 6.45) is 3.55.